The number of benzene rings is 3. The highest BCUT2D eigenvalue weighted by Gasteiger charge is 2.33. The summed E-state index contributed by atoms with van der Waals surface area (Å²) in [5.41, 5.74) is 4.39. The average molecular weight is 362 g/mol. The quantitative estimate of drug-likeness (QED) is 0.708. The van der Waals surface area contributed by atoms with Crippen LogP contribution in [0.3, 0.4) is 0 Å². The van der Waals surface area contributed by atoms with Crippen LogP contribution in [0.4, 0.5) is 0 Å². The minimum atomic E-state index is 0.0727. The first kappa shape index (κ1) is 17.3. The predicted molar refractivity (Wildman–Crippen MR) is 104 cm³/mol. The maximum atomic E-state index is 9.85. The molecule has 0 radical (unpaired) electrons. The number of fused-ring (bicyclic) bond motifs is 1. The molecule has 138 valence electrons. The van der Waals surface area contributed by atoms with Crippen LogP contribution in [0.25, 0.3) is 0 Å². The van der Waals surface area contributed by atoms with Crippen molar-refractivity contribution in [2.75, 3.05) is 13.7 Å². The molecule has 1 aliphatic heterocycles. The zero-order chi connectivity index (χ0) is 19.0. The fourth-order valence-electron chi connectivity index (χ4n) is 3.91. The van der Waals surface area contributed by atoms with Crippen LogP contribution in [-0.2, 0) is 0 Å². The Bertz CT molecular complexity index is 963. The Morgan fingerprint density at radius 3 is 2.30 bits per heavy atom. The van der Waals surface area contributed by atoms with E-state index >= 15 is 0 Å². The highest BCUT2D eigenvalue weighted by atomic mass is 16.5. The Morgan fingerprint density at radius 1 is 0.889 bits per heavy atom. The predicted octanol–water partition coefficient (Wildman–Crippen LogP) is 4.72. The van der Waals surface area contributed by atoms with Crippen molar-refractivity contribution < 1.29 is 19.7 Å². The summed E-state index contributed by atoms with van der Waals surface area (Å²) < 4.78 is 11.4. The van der Waals surface area contributed by atoms with E-state index < -0.39 is 0 Å². The van der Waals surface area contributed by atoms with Crippen LogP contribution in [0.15, 0.2) is 60.7 Å². The number of ether oxygens (including phenoxy) is 2. The van der Waals surface area contributed by atoms with Gasteiger partial charge in [0.2, 0.25) is 0 Å². The lowest BCUT2D eigenvalue weighted by Gasteiger charge is -2.34. The molecule has 27 heavy (non-hydrogen) atoms. The second kappa shape index (κ2) is 6.88. The van der Waals surface area contributed by atoms with Crippen molar-refractivity contribution in [1.29, 1.82) is 0 Å². The van der Waals surface area contributed by atoms with Crippen molar-refractivity contribution in [2.24, 2.45) is 0 Å². The molecule has 1 heterocycles. The number of hydrogen-bond donors (Lipinski definition) is 2. The summed E-state index contributed by atoms with van der Waals surface area (Å²) >= 11 is 0. The molecule has 3 aromatic carbocycles. The van der Waals surface area contributed by atoms with Crippen molar-refractivity contribution in [3.05, 3.63) is 82.9 Å². The number of aryl methyl sites for hydroxylation is 1. The number of rotatable bonds is 3. The van der Waals surface area contributed by atoms with E-state index in [-0.39, 0.29) is 23.3 Å². The normalized spacial score (nSPS) is 18.4. The summed E-state index contributed by atoms with van der Waals surface area (Å²) in [7, 11) is 1.67. The van der Waals surface area contributed by atoms with E-state index in [1.807, 2.05) is 31.2 Å². The van der Waals surface area contributed by atoms with Gasteiger partial charge in [-0.05, 0) is 47.9 Å². The summed E-state index contributed by atoms with van der Waals surface area (Å²) in [6.45, 7) is 2.53. The second-order valence-electron chi connectivity index (χ2n) is 6.94. The van der Waals surface area contributed by atoms with Crippen LogP contribution >= 0.6 is 0 Å². The fraction of sp³-hybridized carbons (Fsp3) is 0.217. The van der Waals surface area contributed by atoms with E-state index in [0.29, 0.717) is 12.4 Å². The molecule has 2 atom stereocenters. The summed E-state index contributed by atoms with van der Waals surface area (Å²) in [6, 6.07) is 18.8. The van der Waals surface area contributed by atoms with Gasteiger partial charge in [0.05, 0.1) is 13.7 Å². The Morgan fingerprint density at radius 2 is 1.59 bits per heavy atom. The lowest BCUT2D eigenvalue weighted by Crippen LogP contribution is -2.25. The Hall–Kier alpha value is -3.14. The van der Waals surface area contributed by atoms with Gasteiger partial charge in [-0.3, -0.25) is 0 Å². The van der Waals surface area contributed by atoms with E-state index in [0.717, 1.165) is 22.4 Å². The number of methoxy groups -OCH3 is 1. The van der Waals surface area contributed by atoms with Gasteiger partial charge in [-0.1, -0.05) is 30.3 Å². The van der Waals surface area contributed by atoms with Crippen molar-refractivity contribution in [3.8, 4) is 23.0 Å². The molecule has 4 heteroatoms. The van der Waals surface area contributed by atoms with Gasteiger partial charge in [0, 0.05) is 23.5 Å². The molecule has 3 aromatic rings. The number of phenols is 2. The van der Waals surface area contributed by atoms with E-state index in [4.69, 9.17) is 9.47 Å². The number of hydrogen-bond acceptors (Lipinski definition) is 4. The SMILES string of the molecule is COc1ccc(C2c3ccc(O)cc3OC[C@@H]2c2ccc(O)cc2)cc1C. The lowest BCUT2D eigenvalue weighted by molar-refractivity contribution is 0.247. The molecule has 0 spiro atoms. The molecular formula is C23H22O4. The van der Waals surface area contributed by atoms with Gasteiger partial charge in [-0.15, -0.1) is 0 Å². The average Bonchev–Trinajstić information content (AvgIpc) is 2.67. The Labute approximate surface area is 158 Å². The second-order valence-corrected chi connectivity index (χ2v) is 6.94. The Kier molecular flexibility index (Phi) is 4.40. The standard InChI is InChI=1S/C23H22O4/c1-14-11-16(5-10-21(14)26-2)23-19-9-8-18(25)12-22(19)27-13-20(23)15-3-6-17(24)7-4-15/h3-12,20,23-25H,13H2,1-2H3/t20-,23?/m1/s1. The minimum Gasteiger partial charge on any atom is -0.508 e. The molecule has 1 unspecified atom stereocenters. The van der Waals surface area contributed by atoms with Crippen LogP contribution in [-0.4, -0.2) is 23.9 Å². The largest absolute Gasteiger partial charge is 0.508 e. The first-order valence-corrected chi connectivity index (χ1v) is 8.96. The topological polar surface area (TPSA) is 58.9 Å². The third-order valence-corrected chi connectivity index (χ3v) is 5.25. The van der Waals surface area contributed by atoms with Crippen LogP contribution in [0.1, 0.15) is 34.1 Å². The van der Waals surface area contributed by atoms with E-state index in [1.54, 1.807) is 31.4 Å². The molecule has 1 aliphatic rings. The lowest BCUT2D eigenvalue weighted by atomic mass is 9.75. The van der Waals surface area contributed by atoms with Crippen molar-refractivity contribution in [2.45, 2.75) is 18.8 Å². The van der Waals surface area contributed by atoms with Crippen LogP contribution in [0, 0.1) is 6.92 Å². The maximum absolute atomic E-state index is 9.85. The van der Waals surface area contributed by atoms with Crippen LogP contribution < -0.4 is 9.47 Å². The van der Waals surface area contributed by atoms with Crippen molar-refractivity contribution in [3.63, 3.8) is 0 Å². The summed E-state index contributed by atoms with van der Waals surface area (Å²) in [5, 5.41) is 19.5. The van der Waals surface area contributed by atoms with E-state index in [2.05, 4.69) is 12.1 Å². The third kappa shape index (κ3) is 3.19. The minimum absolute atomic E-state index is 0.0727. The molecule has 4 rings (SSSR count). The molecule has 0 fully saturated rings. The monoisotopic (exact) mass is 362 g/mol. The molecule has 0 aromatic heterocycles. The molecule has 0 aliphatic carbocycles. The van der Waals surface area contributed by atoms with Crippen LogP contribution in [0.5, 0.6) is 23.0 Å². The zero-order valence-electron chi connectivity index (χ0n) is 15.3. The van der Waals surface area contributed by atoms with Gasteiger partial charge in [-0.25, -0.2) is 0 Å². The molecule has 0 bridgehead atoms. The van der Waals surface area contributed by atoms with Gasteiger partial charge in [0.1, 0.15) is 23.0 Å². The van der Waals surface area contributed by atoms with Crippen molar-refractivity contribution in [1.82, 2.24) is 0 Å². The van der Waals surface area contributed by atoms with Gasteiger partial charge in [0.15, 0.2) is 0 Å². The van der Waals surface area contributed by atoms with Gasteiger partial charge in [0.25, 0.3) is 0 Å². The first-order chi connectivity index (χ1) is 13.1. The molecule has 4 nitrogen and oxygen atoms in total. The molecule has 0 saturated carbocycles. The zero-order valence-corrected chi connectivity index (χ0v) is 15.3. The van der Waals surface area contributed by atoms with E-state index in [1.165, 1.54) is 5.56 Å². The maximum Gasteiger partial charge on any atom is 0.126 e. The summed E-state index contributed by atoms with van der Waals surface area (Å²) in [5.74, 6) is 2.18. The molecule has 2 N–H and O–H groups in total. The summed E-state index contributed by atoms with van der Waals surface area (Å²) in [6.07, 6.45) is 0. The summed E-state index contributed by atoms with van der Waals surface area (Å²) in [4.78, 5) is 0. The fourth-order valence-corrected chi connectivity index (χ4v) is 3.91. The smallest absolute Gasteiger partial charge is 0.126 e. The molecule has 0 amide bonds. The molecular weight excluding hydrogens is 340 g/mol. The number of phenolic OH excluding ortho intramolecular Hbond substituents is 2. The highest BCUT2D eigenvalue weighted by Crippen LogP contribution is 2.47. The van der Waals surface area contributed by atoms with Gasteiger partial charge < -0.3 is 19.7 Å². The number of aromatic hydroxyl groups is 2. The third-order valence-electron chi connectivity index (χ3n) is 5.25. The first-order valence-electron chi connectivity index (χ1n) is 8.96. The van der Waals surface area contributed by atoms with E-state index in [9.17, 15) is 10.2 Å². The van der Waals surface area contributed by atoms with Crippen molar-refractivity contribution >= 4 is 0 Å². The van der Waals surface area contributed by atoms with Crippen LogP contribution in [0.2, 0.25) is 0 Å². The van der Waals surface area contributed by atoms with Gasteiger partial charge in [-0.2, -0.15) is 0 Å². The van der Waals surface area contributed by atoms with Gasteiger partial charge >= 0.3 is 0 Å². The highest BCUT2D eigenvalue weighted by molar-refractivity contribution is 5.52. The Balaban J connectivity index is 1.85. The molecule has 0 saturated heterocycles.